The van der Waals surface area contributed by atoms with Gasteiger partial charge in [0.05, 0.1) is 6.04 Å². The second kappa shape index (κ2) is 9.81. The summed E-state index contributed by atoms with van der Waals surface area (Å²) in [7, 11) is 0. The Hall–Kier alpha value is -2.09. The van der Waals surface area contributed by atoms with E-state index in [2.05, 4.69) is 22.6 Å². The molecule has 1 unspecified atom stereocenters. The molecule has 1 aliphatic heterocycles. The van der Waals surface area contributed by atoms with Crippen molar-refractivity contribution in [2.45, 2.75) is 54.9 Å². The maximum atomic E-state index is 13.2. The smallest absolute Gasteiger partial charge is 0.410 e. The van der Waals surface area contributed by atoms with Crippen LogP contribution in [0, 0.1) is 5.92 Å². The molecule has 0 spiro atoms. The highest BCUT2D eigenvalue weighted by atomic mass is 127. The number of amides is 1. The van der Waals surface area contributed by atoms with Crippen molar-refractivity contribution in [3.63, 3.8) is 0 Å². The van der Waals surface area contributed by atoms with Crippen LogP contribution in [0.15, 0.2) is 60.7 Å². The van der Waals surface area contributed by atoms with Crippen LogP contribution >= 0.6 is 22.6 Å². The van der Waals surface area contributed by atoms with Crippen molar-refractivity contribution >= 4 is 34.7 Å². The molecule has 0 N–H and O–H groups in total. The third kappa shape index (κ3) is 5.33. The molecule has 2 fully saturated rings. The van der Waals surface area contributed by atoms with Crippen LogP contribution in [0.2, 0.25) is 0 Å². The first kappa shape index (κ1) is 21.2. The number of carbonyl (C=O) groups excluding carboxylic acids is 2. The Bertz CT molecular complexity index is 856. The molecule has 0 bridgehead atoms. The quantitative estimate of drug-likeness (QED) is 0.290. The molecule has 1 aliphatic carbocycles. The Morgan fingerprint density at radius 2 is 1.63 bits per heavy atom. The van der Waals surface area contributed by atoms with Gasteiger partial charge in [-0.15, -0.1) is 0 Å². The Balaban J connectivity index is 1.54. The highest BCUT2D eigenvalue weighted by Gasteiger charge is 2.46. The van der Waals surface area contributed by atoms with E-state index in [1.807, 2.05) is 60.7 Å². The molecule has 1 amide bonds. The average molecular weight is 519 g/mol. The molecule has 1 saturated carbocycles. The predicted octanol–water partition coefficient (Wildman–Crippen LogP) is 5.11. The molecular weight excluding hydrogens is 493 g/mol. The number of ether oxygens (including phenoxy) is 2. The lowest BCUT2D eigenvalue weighted by Gasteiger charge is -2.38. The minimum atomic E-state index is -0.354. The first-order valence-corrected chi connectivity index (χ1v) is 11.7. The third-order valence-electron chi connectivity index (χ3n) is 5.71. The van der Waals surface area contributed by atoms with Crippen molar-refractivity contribution in [3.05, 3.63) is 71.8 Å². The molecule has 1 heterocycles. The van der Waals surface area contributed by atoms with E-state index < -0.39 is 0 Å². The molecular formula is C24H26INO4. The SMILES string of the molecule is O=C1O[C@H]([C@@H](C2CC2)N(Cc2ccccc2)C(=O)OCc2ccccc2)CCC1I. The molecule has 2 aromatic rings. The molecule has 2 aliphatic rings. The van der Waals surface area contributed by atoms with E-state index in [-0.39, 0.29) is 34.7 Å². The summed E-state index contributed by atoms with van der Waals surface area (Å²) in [5, 5.41) is 0. The fourth-order valence-electron chi connectivity index (χ4n) is 4.02. The summed E-state index contributed by atoms with van der Waals surface area (Å²) in [6.07, 6.45) is 3.02. The number of halogens is 1. The summed E-state index contributed by atoms with van der Waals surface area (Å²) in [5.74, 6) is 0.177. The van der Waals surface area contributed by atoms with Crippen LogP contribution in [0.25, 0.3) is 0 Å². The summed E-state index contributed by atoms with van der Waals surface area (Å²) in [6.45, 7) is 0.667. The van der Waals surface area contributed by atoms with Crippen LogP contribution < -0.4 is 0 Å². The van der Waals surface area contributed by atoms with Gasteiger partial charge in [-0.2, -0.15) is 0 Å². The summed E-state index contributed by atoms with van der Waals surface area (Å²) >= 11 is 2.14. The topological polar surface area (TPSA) is 55.8 Å². The van der Waals surface area contributed by atoms with Gasteiger partial charge in [0.2, 0.25) is 0 Å². The summed E-state index contributed by atoms with van der Waals surface area (Å²) in [4.78, 5) is 27.3. The van der Waals surface area contributed by atoms with Crippen LogP contribution in [0.5, 0.6) is 0 Å². The lowest BCUT2D eigenvalue weighted by Crippen LogP contribution is -2.51. The number of rotatable bonds is 7. The number of hydrogen-bond donors (Lipinski definition) is 0. The average Bonchev–Trinajstić information content (AvgIpc) is 3.60. The highest BCUT2D eigenvalue weighted by Crippen LogP contribution is 2.41. The molecule has 5 nitrogen and oxygen atoms in total. The number of esters is 1. The molecule has 3 atom stereocenters. The fraction of sp³-hybridized carbons (Fsp3) is 0.417. The van der Waals surface area contributed by atoms with E-state index in [4.69, 9.17) is 9.47 Å². The van der Waals surface area contributed by atoms with Gasteiger partial charge in [-0.1, -0.05) is 83.3 Å². The van der Waals surface area contributed by atoms with Crippen molar-refractivity contribution in [1.29, 1.82) is 0 Å². The number of nitrogens with zero attached hydrogens (tertiary/aromatic N) is 1. The maximum Gasteiger partial charge on any atom is 0.410 e. The standard InChI is InChI=1S/C24H26INO4/c25-20-13-14-21(30-23(20)27)22(19-11-12-19)26(15-17-7-3-1-4-8-17)24(28)29-16-18-9-5-2-6-10-18/h1-10,19-22H,11-16H2/t20?,21-,22+/m0/s1. The lowest BCUT2D eigenvalue weighted by atomic mass is 9.96. The van der Waals surface area contributed by atoms with Crippen LogP contribution in [0.3, 0.4) is 0 Å². The zero-order valence-corrected chi connectivity index (χ0v) is 18.9. The Morgan fingerprint density at radius 1 is 1.00 bits per heavy atom. The van der Waals surface area contributed by atoms with Crippen molar-refractivity contribution in [2.75, 3.05) is 0 Å². The molecule has 30 heavy (non-hydrogen) atoms. The second-order valence-corrected chi connectivity index (χ2v) is 9.51. The molecule has 1 saturated heterocycles. The van der Waals surface area contributed by atoms with Gasteiger partial charge < -0.3 is 9.47 Å². The Morgan fingerprint density at radius 3 is 2.23 bits per heavy atom. The fourth-order valence-corrected chi connectivity index (χ4v) is 4.53. The van der Waals surface area contributed by atoms with Crippen LogP contribution in [-0.2, 0) is 27.4 Å². The first-order valence-electron chi connectivity index (χ1n) is 10.5. The van der Waals surface area contributed by atoms with Gasteiger partial charge in [0.1, 0.15) is 16.6 Å². The molecule has 0 aromatic heterocycles. The van der Waals surface area contributed by atoms with Gasteiger partial charge in [-0.05, 0) is 42.7 Å². The van der Waals surface area contributed by atoms with Gasteiger partial charge in [0.25, 0.3) is 0 Å². The normalized spacial score (nSPS) is 22.1. The lowest BCUT2D eigenvalue weighted by molar-refractivity contribution is -0.157. The first-order chi connectivity index (χ1) is 14.6. The molecule has 4 rings (SSSR count). The monoisotopic (exact) mass is 519 g/mol. The molecule has 158 valence electrons. The minimum absolute atomic E-state index is 0.105. The van der Waals surface area contributed by atoms with Gasteiger partial charge in [0, 0.05) is 6.54 Å². The van der Waals surface area contributed by atoms with Gasteiger partial charge in [-0.3, -0.25) is 9.69 Å². The highest BCUT2D eigenvalue weighted by molar-refractivity contribution is 14.1. The Kier molecular flexibility index (Phi) is 6.92. The minimum Gasteiger partial charge on any atom is -0.459 e. The number of carbonyl (C=O) groups is 2. The molecule has 2 aromatic carbocycles. The zero-order chi connectivity index (χ0) is 20.9. The number of hydrogen-bond acceptors (Lipinski definition) is 4. The van der Waals surface area contributed by atoms with Crippen molar-refractivity contribution in [1.82, 2.24) is 4.90 Å². The number of alkyl halides is 1. The van der Waals surface area contributed by atoms with E-state index in [9.17, 15) is 9.59 Å². The van der Waals surface area contributed by atoms with E-state index >= 15 is 0 Å². The maximum absolute atomic E-state index is 13.2. The number of benzene rings is 2. The second-order valence-electron chi connectivity index (χ2n) is 8.00. The van der Waals surface area contributed by atoms with Gasteiger partial charge in [0.15, 0.2) is 0 Å². The summed E-state index contributed by atoms with van der Waals surface area (Å²) < 4.78 is 11.4. The summed E-state index contributed by atoms with van der Waals surface area (Å²) in [6, 6.07) is 19.4. The van der Waals surface area contributed by atoms with Crippen LogP contribution in [0.1, 0.15) is 36.8 Å². The van der Waals surface area contributed by atoms with E-state index in [0.717, 1.165) is 36.8 Å². The molecule has 6 heteroatoms. The molecule has 0 radical (unpaired) electrons. The van der Waals surface area contributed by atoms with Crippen LogP contribution in [0.4, 0.5) is 4.79 Å². The zero-order valence-electron chi connectivity index (χ0n) is 16.8. The van der Waals surface area contributed by atoms with Gasteiger partial charge >= 0.3 is 12.1 Å². The largest absolute Gasteiger partial charge is 0.459 e. The van der Waals surface area contributed by atoms with Gasteiger partial charge in [-0.25, -0.2) is 4.79 Å². The van der Waals surface area contributed by atoms with E-state index in [1.54, 1.807) is 4.90 Å². The van der Waals surface area contributed by atoms with Crippen molar-refractivity contribution in [3.8, 4) is 0 Å². The van der Waals surface area contributed by atoms with Crippen molar-refractivity contribution in [2.24, 2.45) is 5.92 Å². The van der Waals surface area contributed by atoms with E-state index in [1.165, 1.54) is 0 Å². The Labute approximate surface area is 190 Å². The summed E-state index contributed by atoms with van der Waals surface area (Å²) in [5.41, 5.74) is 1.99. The van der Waals surface area contributed by atoms with Crippen molar-refractivity contribution < 1.29 is 19.1 Å². The van der Waals surface area contributed by atoms with Crippen LogP contribution in [-0.4, -0.2) is 33.0 Å². The predicted molar refractivity (Wildman–Crippen MR) is 122 cm³/mol. The third-order valence-corrected chi connectivity index (χ3v) is 6.84. The number of cyclic esters (lactones) is 1. The van der Waals surface area contributed by atoms with E-state index in [0.29, 0.717) is 12.5 Å².